The Kier molecular flexibility index (Phi) is 4.55. The highest BCUT2D eigenvalue weighted by Gasteiger charge is 2.20. The molecule has 0 unspecified atom stereocenters. The molecule has 0 spiro atoms. The third-order valence-corrected chi connectivity index (χ3v) is 3.57. The topological polar surface area (TPSA) is 59.2 Å². The zero-order valence-corrected chi connectivity index (χ0v) is 11.1. The molecule has 1 aliphatic rings. The summed E-state index contributed by atoms with van der Waals surface area (Å²) in [6, 6.07) is 5.69. The van der Waals surface area contributed by atoms with Gasteiger partial charge in [0.2, 0.25) is 5.91 Å². The fourth-order valence-electron chi connectivity index (χ4n) is 2.40. The van der Waals surface area contributed by atoms with Gasteiger partial charge in [0.15, 0.2) is 0 Å². The summed E-state index contributed by atoms with van der Waals surface area (Å²) in [6.07, 6.45) is 2.58. The Hall–Kier alpha value is -1.13. The number of hydrogen-bond donors (Lipinski definition) is 1. The van der Waals surface area contributed by atoms with Gasteiger partial charge < -0.3 is 5.73 Å². The minimum Gasteiger partial charge on any atom is -0.370 e. The molecule has 1 fully saturated rings. The average molecular weight is 268 g/mol. The van der Waals surface area contributed by atoms with Crippen LogP contribution in [0.1, 0.15) is 25.0 Å². The molecule has 5 heteroatoms. The molecule has 98 valence electrons. The van der Waals surface area contributed by atoms with Crippen LogP contribution in [-0.2, 0) is 11.3 Å². The van der Waals surface area contributed by atoms with Gasteiger partial charge >= 0.3 is 0 Å². The Balaban J connectivity index is 1.81. The molecule has 2 rings (SSSR count). The van der Waals surface area contributed by atoms with Crippen molar-refractivity contribution in [2.45, 2.75) is 25.8 Å². The molecule has 1 saturated heterocycles. The van der Waals surface area contributed by atoms with Gasteiger partial charge in [0.1, 0.15) is 5.15 Å². The number of carbonyl (C=O) groups is 1. The van der Waals surface area contributed by atoms with E-state index in [9.17, 15) is 4.79 Å². The second-order valence-electron chi connectivity index (χ2n) is 4.84. The van der Waals surface area contributed by atoms with Crippen molar-refractivity contribution in [2.24, 2.45) is 11.7 Å². The van der Waals surface area contributed by atoms with E-state index in [0.717, 1.165) is 38.2 Å². The van der Waals surface area contributed by atoms with Crippen LogP contribution in [0.2, 0.25) is 5.15 Å². The van der Waals surface area contributed by atoms with E-state index >= 15 is 0 Å². The molecule has 2 heterocycles. The standard InChI is InChI=1S/C13H18ClN3O/c14-12-3-1-2-11(16-12)9-17-6-4-10(5-7-17)8-13(15)18/h1-3,10H,4-9H2,(H2,15,18). The van der Waals surface area contributed by atoms with Crippen LogP contribution >= 0.6 is 11.6 Å². The largest absolute Gasteiger partial charge is 0.370 e. The number of piperidine rings is 1. The number of nitrogens with zero attached hydrogens (tertiary/aromatic N) is 2. The lowest BCUT2D eigenvalue weighted by Crippen LogP contribution is -2.34. The molecular formula is C13H18ClN3O. The summed E-state index contributed by atoms with van der Waals surface area (Å²) >= 11 is 5.86. The van der Waals surface area contributed by atoms with Gasteiger partial charge in [0.05, 0.1) is 5.69 Å². The molecule has 1 aromatic rings. The first kappa shape index (κ1) is 13.3. The maximum absolute atomic E-state index is 10.9. The highest BCUT2D eigenvalue weighted by Crippen LogP contribution is 2.21. The zero-order valence-electron chi connectivity index (χ0n) is 10.3. The number of halogens is 1. The van der Waals surface area contributed by atoms with Crippen molar-refractivity contribution in [2.75, 3.05) is 13.1 Å². The summed E-state index contributed by atoms with van der Waals surface area (Å²) < 4.78 is 0. The second kappa shape index (κ2) is 6.16. The number of primary amides is 1. The Bertz CT molecular complexity index is 416. The molecule has 1 aliphatic heterocycles. The van der Waals surface area contributed by atoms with Crippen molar-refractivity contribution < 1.29 is 4.79 Å². The molecular weight excluding hydrogens is 250 g/mol. The number of amides is 1. The van der Waals surface area contributed by atoms with E-state index in [1.807, 2.05) is 12.1 Å². The molecule has 0 radical (unpaired) electrons. The van der Waals surface area contributed by atoms with Gasteiger partial charge in [-0.1, -0.05) is 17.7 Å². The Morgan fingerprint density at radius 2 is 2.17 bits per heavy atom. The minimum atomic E-state index is -0.190. The first-order valence-corrected chi connectivity index (χ1v) is 6.63. The van der Waals surface area contributed by atoms with Gasteiger partial charge in [-0.3, -0.25) is 9.69 Å². The molecule has 1 aromatic heterocycles. The first-order chi connectivity index (χ1) is 8.63. The van der Waals surface area contributed by atoms with Crippen LogP contribution in [0, 0.1) is 5.92 Å². The monoisotopic (exact) mass is 267 g/mol. The van der Waals surface area contributed by atoms with E-state index in [0.29, 0.717) is 17.5 Å². The van der Waals surface area contributed by atoms with Crippen molar-refractivity contribution in [3.63, 3.8) is 0 Å². The Morgan fingerprint density at radius 3 is 2.78 bits per heavy atom. The number of aromatic nitrogens is 1. The minimum absolute atomic E-state index is 0.190. The third kappa shape index (κ3) is 3.96. The molecule has 0 atom stereocenters. The molecule has 0 aliphatic carbocycles. The molecule has 1 amide bonds. The molecule has 4 nitrogen and oxygen atoms in total. The quantitative estimate of drug-likeness (QED) is 0.847. The lowest BCUT2D eigenvalue weighted by Gasteiger charge is -2.31. The zero-order chi connectivity index (χ0) is 13.0. The van der Waals surface area contributed by atoms with E-state index in [-0.39, 0.29) is 5.91 Å². The van der Waals surface area contributed by atoms with Crippen LogP contribution in [0.5, 0.6) is 0 Å². The SMILES string of the molecule is NC(=O)CC1CCN(Cc2cccc(Cl)n2)CC1. The number of rotatable bonds is 4. The van der Waals surface area contributed by atoms with E-state index in [1.54, 1.807) is 6.07 Å². The van der Waals surface area contributed by atoms with Gasteiger partial charge in [0, 0.05) is 13.0 Å². The smallest absolute Gasteiger partial charge is 0.217 e. The first-order valence-electron chi connectivity index (χ1n) is 6.25. The van der Waals surface area contributed by atoms with Gasteiger partial charge in [0.25, 0.3) is 0 Å². The maximum atomic E-state index is 10.9. The fourth-order valence-corrected chi connectivity index (χ4v) is 2.58. The molecule has 18 heavy (non-hydrogen) atoms. The van der Waals surface area contributed by atoms with E-state index in [1.165, 1.54) is 0 Å². The van der Waals surface area contributed by atoms with Gasteiger partial charge in [-0.15, -0.1) is 0 Å². The Labute approximate surface area is 112 Å². The van der Waals surface area contributed by atoms with Crippen LogP contribution < -0.4 is 5.73 Å². The number of likely N-dealkylation sites (tertiary alicyclic amines) is 1. The van der Waals surface area contributed by atoms with Crippen LogP contribution in [0.15, 0.2) is 18.2 Å². The van der Waals surface area contributed by atoms with Gasteiger partial charge in [-0.25, -0.2) is 4.98 Å². The van der Waals surface area contributed by atoms with E-state index in [2.05, 4.69) is 9.88 Å². The number of nitrogens with two attached hydrogens (primary N) is 1. The van der Waals surface area contributed by atoms with Crippen molar-refractivity contribution in [1.29, 1.82) is 0 Å². The summed E-state index contributed by atoms with van der Waals surface area (Å²) in [5.74, 6) is 0.260. The fraction of sp³-hybridized carbons (Fsp3) is 0.538. The van der Waals surface area contributed by atoms with Crippen molar-refractivity contribution in [3.8, 4) is 0 Å². The molecule has 0 aromatic carbocycles. The number of pyridine rings is 1. The van der Waals surface area contributed by atoms with Gasteiger partial charge in [-0.05, 0) is 44.0 Å². The average Bonchev–Trinajstić information content (AvgIpc) is 2.31. The summed E-state index contributed by atoms with van der Waals surface area (Å²) in [5.41, 5.74) is 6.22. The summed E-state index contributed by atoms with van der Waals surface area (Å²) in [5, 5.41) is 0.538. The van der Waals surface area contributed by atoms with Crippen molar-refractivity contribution in [1.82, 2.24) is 9.88 Å². The van der Waals surface area contributed by atoms with Crippen molar-refractivity contribution >= 4 is 17.5 Å². The lowest BCUT2D eigenvalue weighted by molar-refractivity contribution is -0.119. The third-order valence-electron chi connectivity index (χ3n) is 3.36. The highest BCUT2D eigenvalue weighted by atomic mass is 35.5. The number of hydrogen-bond acceptors (Lipinski definition) is 3. The van der Waals surface area contributed by atoms with Crippen molar-refractivity contribution in [3.05, 3.63) is 29.0 Å². The summed E-state index contributed by atoms with van der Waals surface area (Å²) in [4.78, 5) is 17.5. The summed E-state index contributed by atoms with van der Waals surface area (Å²) in [7, 11) is 0. The normalized spacial score (nSPS) is 17.8. The second-order valence-corrected chi connectivity index (χ2v) is 5.23. The number of carbonyl (C=O) groups excluding carboxylic acids is 1. The van der Waals surface area contributed by atoms with Crippen LogP contribution in [0.3, 0.4) is 0 Å². The van der Waals surface area contributed by atoms with Crippen LogP contribution in [0.25, 0.3) is 0 Å². The predicted molar refractivity (Wildman–Crippen MR) is 71.1 cm³/mol. The Morgan fingerprint density at radius 1 is 1.44 bits per heavy atom. The van der Waals surface area contributed by atoms with E-state index < -0.39 is 0 Å². The van der Waals surface area contributed by atoms with Gasteiger partial charge in [-0.2, -0.15) is 0 Å². The molecule has 0 bridgehead atoms. The maximum Gasteiger partial charge on any atom is 0.217 e. The van der Waals surface area contributed by atoms with Crippen LogP contribution in [0.4, 0.5) is 0 Å². The molecule has 0 saturated carbocycles. The molecule has 2 N–H and O–H groups in total. The highest BCUT2D eigenvalue weighted by molar-refractivity contribution is 6.29. The predicted octanol–water partition coefficient (Wildman–Crippen LogP) is 1.82. The van der Waals surface area contributed by atoms with Crippen LogP contribution in [-0.4, -0.2) is 28.9 Å². The summed E-state index contributed by atoms with van der Waals surface area (Å²) in [6.45, 7) is 2.81. The lowest BCUT2D eigenvalue weighted by atomic mass is 9.93. The van der Waals surface area contributed by atoms with E-state index in [4.69, 9.17) is 17.3 Å².